The Labute approximate surface area is 205 Å². The first-order valence-electron chi connectivity index (χ1n) is 11.0. The molecule has 10 heteroatoms. The maximum absolute atomic E-state index is 11.8. The molecule has 3 rings (SSSR count). The number of aldehydes is 1. The third kappa shape index (κ3) is 8.11. The van der Waals surface area contributed by atoms with Crippen LogP contribution < -0.4 is 27.8 Å². The van der Waals surface area contributed by atoms with Crippen molar-refractivity contribution in [2.75, 3.05) is 19.4 Å². The second kappa shape index (κ2) is 13.3. The number of pyridine rings is 2. The van der Waals surface area contributed by atoms with Gasteiger partial charge in [-0.3, -0.25) is 24.5 Å². The van der Waals surface area contributed by atoms with Crippen LogP contribution in [0.5, 0.6) is 0 Å². The average Bonchev–Trinajstić information content (AvgIpc) is 3.72. The number of carbonyl (C=O) groups is 2. The molecule has 0 atom stereocenters. The summed E-state index contributed by atoms with van der Waals surface area (Å²) in [4.78, 5) is 34.3. The van der Waals surface area contributed by atoms with E-state index in [1.807, 2.05) is 20.0 Å². The summed E-state index contributed by atoms with van der Waals surface area (Å²) in [6.45, 7) is 1.89. The lowest BCUT2D eigenvalue weighted by atomic mass is 10.0. The van der Waals surface area contributed by atoms with Gasteiger partial charge < -0.3 is 27.8 Å². The zero-order valence-electron chi connectivity index (χ0n) is 20.2. The van der Waals surface area contributed by atoms with Crippen molar-refractivity contribution in [1.82, 2.24) is 15.3 Å². The minimum atomic E-state index is -0.267. The molecule has 0 aliphatic heterocycles. The summed E-state index contributed by atoms with van der Waals surface area (Å²) in [7, 11) is 3.37. The van der Waals surface area contributed by atoms with E-state index in [0.717, 1.165) is 35.3 Å². The van der Waals surface area contributed by atoms with Crippen LogP contribution in [0.25, 0.3) is 11.3 Å². The largest absolute Gasteiger partial charge is 0.404 e. The molecule has 1 saturated carbocycles. The molecule has 0 spiro atoms. The SMILES string of the molecule is CNC(=O)c1cc(C(/C=C(\N)c2cc(NC)cnc2C)=C/N)ccn1.N/C=C(/C=O)C=NC1CC1. The highest BCUT2D eigenvalue weighted by Gasteiger charge is 2.18. The van der Waals surface area contributed by atoms with E-state index in [1.54, 1.807) is 37.7 Å². The van der Waals surface area contributed by atoms with E-state index in [-0.39, 0.29) is 5.91 Å². The molecule has 1 amide bonds. The number of aliphatic imine (C=N–C) groups is 1. The monoisotopic (exact) mass is 476 g/mol. The minimum absolute atomic E-state index is 0.267. The number of allylic oxidation sites excluding steroid dienone is 3. The van der Waals surface area contributed by atoms with Crippen molar-refractivity contribution in [3.63, 3.8) is 0 Å². The Morgan fingerprint density at radius 3 is 2.49 bits per heavy atom. The summed E-state index contributed by atoms with van der Waals surface area (Å²) in [5.74, 6) is -0.267. The van der Waals surface area contributed by atoms with E-state index in [2.05, 4.69) is 25.6 Å². The number of nitrogens with one attached hydrogen (secondary N) is 2. The van der Waals surface area contributed by atoms with E-state index in [0.29, 0.717) is 34.9 Å². The molecule has 1 aliphatic carbocycles. The molecular weight excluding hydrogens is 444 g/mol. The summed E-state index contributed by atoms with van der Waals surface area (Å²) in [5.41, 5.74) is 22.3. The van der Waals surface area contributed by atoms with Gasteiger partial charge in [0.05, 0.1) is 17.9 Å². The number of nitrogens with zero attached hydrogens (tertiary/aromatic N) is 3. The average molecular weight is 477 g/mol. The number of rotatable bonds is 8. The van der Waals surface area contributed by atoms with Gasteiger partial charge in [0, 0.05) is 61.4 Å². The predicted octanol–water partition coefficient (Wildman–Crippen LogP) is 1.75. The van der Waals surface area contributed by atoms with Crippen molar-refractivity contribution in [2.45, 2.75) is 25.8 Å². The number of nitrogens with two attached hydrogens (primary N) is 3. The van der Waals surface area contributed by atoms with Crippen LogP contribution in [0.2, 0.25) is 0 Å². The zero-order valence-corrected chi connectivity index (χ0v) is 20.2. The van der Waals surface area contributed by atoms with Gasteiger partial charge in [-0.1, -0.05) is 0 Å². The lowest BCUT2D eigenvalue weighted by Crippen LogP contribution is -2.19. The Balaban J connectivity index is 0.000000360. The molecule has 1 aliphatic rings. The van der Waals surface area contributed by atoms with Crippen LogP contribution in [0, 0.1) is 6.92 Å². The van der Waals surface area contributed by atoms with Gasteiger partial charge in [0.1, 0.15) is 5.69 Å². The quantitative estimate of drug-likeness (QED) is 0.166. The highest BCUT2D eigenvalue weighted by molar-refractivity contribution is 6.01. The van der Waals surface area contributed by atoms with Crippen LogP contribution in [0.3, 0.4) is 0 Å². The topological polar surface area (TPSA) is 174 Å². The third-order valence-electron chi connectivity index (χ3n) is 5.04. The van der Waals surface area contributed by atoms with E-state index in [9.17, 15) is 9.59 Å². The maximum atomic E-state index is 11.8. The summed E-state index contributed by atoms with van der Waals surface area (Å²) in [6.07, 6.45) is 12.3. The lowest BCUT2D eigenvalue weighted by Gasteiger charge is -2.10. The fourth-order valence-electron chi connectivity index (χ4n) is 2.83. The molecule has 2 aromatic rings. The Hall–Kier alpha value is -4.47. The summed E-state index contributed by atoms with van der Waals surface area (Å²) < 4.78 is 0. The van der Waals surface area contributed by atoms with Gasteiger partial charge in [-0.05, 0) is 55.2 Å². The van der Waals surface area contributed by atoms with Gasteiger partial charge in [-0.15, -0.1) is 0 Å². The van der Waals surface area contributed by atoms with Gasteiger partial charge >= 0.3 is 0 Å². The van der Waals surface area contributed by atoms with Crippen LogP contribution in [0.4, 0.5) is 5.69 Å². The predicted molar refractivity (Wildman–Crippen MR) is 140 cm³/mol. The molecule has 8 N–H and O–H groups in total. The highest BCUT2D eigenvalue weighted by atomic mass is 16.1. The van der Waals surface area contributed by atoms with Gasteiger partial charge in [0.2, 0.25) is 0 Å². The number of anilines is 1. The lowest BCUT2D eigenvalue weighted by molar-refractivity contribution is -0.104. The molecule has 2 aromatic heterocycles. The van der Waals surface area contributed by atoms with Crippen LogP contribution >= 0.6 is 0 Å². The molecule has 0 aromatic carbocycles. The number of aromatic nitrogens is 2. The fraction of sp³-hybridized carbons (Fsp3) is 0.240. The summed E-state index contributed by atoms with van der Waals surface area (Å²) in [6, 6.07) is 5.81. The Bertz CT molecular complexity index is 1160. The summed E-state index contributed by atoms with van der Waals surface area (Å²) in [5, 5.41) is 5.58. The van der Waals surface area contributed by atoms with Crippen molar-refractivity contribution in [1.29, 1.82) is 0 Å². The zero-order chi connectivity index (χ0) is 25.8. The van der Waals surface area contributed by atoms with Crippen molar-refractivity contribution < 1.29 is 9.59 Å². The fourth-order valence-corrected chi connectivity index (χ4v) is 2.83. The second-order valence-corrected chi connectivity index (χ2v) is 7.63. The third-order valence-corrected chi connectivity index (χ3v) is 5.04. The molecule has 184 valence electrons. The minimum Gasteiger partial charge on any atom is -0.404 e. The molecule has 0 unspecified atom stereocenters. The van der Waals surface area contributed by atoms with E-state index in [4.69, 9.17) is 17.2 Å². The van der Waals surface area contributed by atoms with E-state index >= 15 is 0 Å². The molecule has 0 bridgehead atoms. The van der Waals surface area contributed by atoms with Gasteiger partial charge in [0.15, 0.2) is 6.29 Å². The first-order valence-corrected chi connectivity index (χ1v) is 11.0. The maximum Gasteiger partial charge on any atom is 0.269 e. The number of carbonyl (C=O) groups excluding carboxylic acids is 2. The van der Waals surface area contributed by atoms with Crippen LogP contribution in [-0.4, -0.2) is 48.5 Å². The van der Waals surface area contributed by atoms with Gasteiger partial charge in [-0.25, -0.2) is 0 Å². The van der Waals surface area contributed by atoms with E-state index in [1.165, 1.54) is 18.6 Å². The van der Waals surface area contributed by atoms with Gasteiger partial charge in [0.25, 0.3) is 5.91 Å². The second-order valence-electron chi connectivity index (χ2n) is 7.63. The molecule has 0 radical (unpaired) electrons. The molecule has 10 nitrogen and oxygen atoms in total. The Kier molecular flexibility index (Phi) is 10.2. The Morgan fingerprint density at radius 1 is 1.17 bits per heavy atom. The molecule has 2 heterocycles. The van der Waals surface area contributed by atoms with Crippen LogP contribution in [-0.2, 0) is 4.79 Å². The number of aryl methyl sites for hydroxylation is 1. The van der Waals surface area contributed by atoms with Gasteiger partial charge in [-0.2, -0.15) is 0 Å². The Morgan fingerprint density at radius 2 is 1.91 bits per heavy atom. The smallest absolute Gasteiger partial charge is 0.269 e. The number of hydrogen-bond donors (Lipinski definition) is 5. The molecule has 1 fully saturated rings. The van der Waals surface area contributed by atoms with Crippen molar-refractivity contribution in [3.05, 3.63) is 77.2 Å². The number of hydrogen-bond acceptors (Lipinski definition) is 9. The molecule has 0 saturated heterocycles. The van der Waals surface area contributed by atoms with Crippen molar-refractivity contribution >= 4 is 35.4 Å². The normalized spacial score (nSPS) is 14.2. The molecule has 35 heavy (non-hydrogen) atoms. The molecular formula is C25H32N8O2. The van der Waals surface area contributed by atoms with Crippen LogP contribution in [0.15, 0.2) is 59.6 Å². The summed E-state index contributed by atoms with van der Waals surface area (Å²) >= 11 is 0. The number of amides is 1. The van der Waals surface area contributed by atoms with Crippen LogP contribution in [0.1, 0.15) is 40.2 Å². The first-order chi connectivity index (χ1) is 16.9. The highest BCUT2D eigenvalue weighted by Crippen LogP contribution is 2.23. The van der Waals surface area contributed by atoms with E-state index < -0.39 is 0 Å². The van der Waals surface area contributed by atoms with Crippen molar-refractivity contribution in [3.8, 4) is 0 Å². The first kappa shape index (κ1) is 26.8. The standard InChI is InChI=1S/C18H22N6O.C7H10N2O/c1-11-15(8-14(21-2)10-24-11)16(20)6-13(9-19)12-4-5-23-17(7-12)18(25)22-3;8-3-6(5-10)4-9-7-1-2-7/h4-10,21H,19-20H2,1-3H3,(H,22,25);3-5,7H,1-2,8H2/b13-9+,16-6-;6-3+,9-4?. The van der Waals surface area contributed by atoms with Crippen molar-refractivity contribution in [2.24, 2.45) is 22.2 Å².